The number of benzene rings is 2. The van der Waals surface area contributed by atoms with Crippen molar-refractivity contribution in [2.75, 3.05) is 24.3 Å². The van der Waals surface area contributed by atoms with Gasteiger partial charge < -0.3 is 14.2 Å². The molecular weight excluding hydrogens is 462 g/mol. The Morgan fingerprint density at radius 2 is 1.82 bits per heavy atom. The van der Waals surface area contributed by atoms with Gasteiger partial charge in [-0.25, -0.2) is 17.2 Å². The molecule has 2 aromatic carbocycles. The van der Waals surface area contributed by atoms with Gasteiger partial charge in [-0.15, -0.1) is 0 Å². The van der Waals surface area contributed by atoms with Gasteiger partial charge in [-0.2, -0.15) is 0 Å². The molecule has 1 aliphatic rings. The molecule has 0 bridgehead atoms. The topological polar surface area (TPSA) is 68.6 Å². The predicted octanol–water partition coefficient (Wildman–Crippen LogP) is 4.09. The third-order valence-corrected chi connectivity index (χ3v) is 7.06. The van der Waals surface area contributed by atoms with E-state index >= 15 is 0 Å². The summed E-state index contributed by atoms with van der Waals surface area (Å²) in [5.41, 5.74) is 2.53. The standard InChI is InChI=1S/C25H26F2N2O4S/c1-4-11-33-24-8-6-17(34(3,31)32)13-19(24)20-14-28(2)25(30)18-9-10-29(15-21(18)20)23-7-5-16(26)12-22(23)27/h5-8,12-14H,4,9-11,15H2,1-3H3. The maximum Gasteiger partial charge on any atom is 0.253 e. The first-order valence-corrected chi connectivity index (χ1v) is 12.9. The van der Waals surface area contributed by atoms with E-state index in [1.165, 1.54) is 22.8 Å². The number of ether oxygens (including phenoxy) is 1. The molecule has 0 atom stereocenters. The number of sulfone groups is 1. The normalized spacial score (nSPS) is 13.6. The van der Waals surface area contributed by atoms with Crippen LogP contribution in [-0.4, -0.2) is 32.4 Å². The maximum atomic E-state index is 14.5. The monoisotopic (exact) mass is 488 g/mol. The Morgan fingerprint density at radius 3 is 2.50 bits per heavy atom. The minimum Gasteiger partial charge on any atom is -0.493 e. The second-order valence-electron chi connectivity index (χ2n) is 8.46. The Labute approximate surface area is 197 Å². The number of anilines is 1. The number of pyridine rings is 1. The Kier molecular flexibility index (Phi) is 6.49. The highest BCUT2D eigenvalue weighted by Gasteiger charge is 2.27. The first kappa shape index (κ1) is 23.9. The van der Waals surface area contributed by atoms with Crippen LogP contribution in [-0.2, 0) is 29.9 Å². The van der Waals surface area contributed by atoms with Crippen molar-refractivity contribution in [1.29, 1.82) is 0 Å². The van der Waals surface area contributed by atoms with Crippen molar-refractivity contribution in [3.05, 3.63) is 75.7 Å². The Morgan fingerprint density at radius 1 is 1.06 bits per heavy atom. The molecule has 0 radical (unpaired) electrons. The van der Waals surface area contributed by atoms with Crippen LogP contribution in [0.25, 0.3) is 11.1 Å². The summed E-state index contributed by atoms with van der Waals surface area (Å²) in [4.78, 5) is 14.8. The van der Waals surface area contributed by atoms with Crippen LogP contribution >= 0.6 is 0 Å². The van der Waals surface area contributed by atoms with Gasteiger partial charge in [0.05, 0.1) is 17.2 Å². The summed E-state index contributed by atoms with van der Waals surface area (Å²) in [7, 11) is -1.85. The van der Waals surface area contributed by atoms with E-state index < -0.39 is 21.5 Å². The van der Waals surface area contributed by atoms with Crippen molar-refractivity contribution < 1.29 is 21.9 Å². The molecule has 0 aliphatic carbocycles. The molecular formula is C25H26F2N2O4S. The number of hydrogen-bond donors (Lipinski definition) is 0. The lowest BCUT2D eigenvalue weighted by Gasteiger charge is -2.32. The summed E-state index contributed by atoms with van der Waals surface area (Å²) in [5, 5.41) is 0. The Hall–Kier alpha value is -3.20. The molecule has 0 N–H and O–H groups in total. The highest BCUT2D eigenvalue weighted by Crippen LogP contribution is 2.38. The van der Waals surface area contributed by atoms with E-state index in [0.29, 0.717) is 47.6 Å². The smallest absolute Gasteiger partial charge is 0.253 e. The highest BCUT2D eigenvalue weighted by molar-refractivity contribution is 7.90. The quantitative estimate of drug-likeness (QED) is 0.523. The van der Waals surface area contributed by atoms with E-state index in [4.69, 9.17) is 4.74 Å². The average Bonchev–Trinajstić information content (AvgIpc) is 2.79. The van der Waals surface area contributed by atoms with Gasteiger partial charge in [0.15, 0.2) is 9.84 Å². The molecule has 1 aromatic heterocycles. The molecule has 0 amide bonds. The number of fused-ring (bicyclic) bond motifs is 1. The Balaban J connectivity index is 1.91. The van der Waals surface area contributed by atoms with E-state index in [1.807, 2.05) is 6.92 Å². The molecule has 3 aromatic rings. The van der Waals surface area contributed by atoms with Gasteiger partial charge in [-0.3, -0.25) is 4.79 Å². The van der Waals surface area contributed by atoms with Crippen LogP contribution in [0.4, 0.5) is 14.5 Å². The van der Waals surface area contributed by atoms with Crippen LogP contribution in [0.15, 0.2) is 52.3 Å². The van der Waals surface area contributed by atoms with Crippen LogP contribution in [0, 0.1) is 11.6 Å². The summed E-state index contributed by atoms with van der Waals surface area (Å²) >= 11 is 0. The van der Waals surface area contributed by atoms with Crippen LogP contribution in [0.5, 0.6) is 5.75 Å². The molecule has 0 saturated carbocycles. The number of halogens is 2. The fourth-order valence-corrected chi connectivity index (χ4v) is 4.90. The Bertz CT molecular complexity index is 1420. The van der Waals surface area contributed by atoms with E-state index in [2.05, 4.69) is 0 Å². The van der Waals surface area contributed by atoms with Crippen LogP contribution in [0.2, 0.25) is 0 Å². The van der Waals surface area contributed by atoms with E-state index in [-0.39, 0.29) is 22.7 Å². The number of aromatic nitrogens is 1. The molecule has 0 fully saturated rings. The molecule has 34 heavy (non-hydrogen) atoms. The summed E-state index contributed by atoms with van der Waals surface area (Å²) in [6.07, 6.45) is 3.92. The summed E-state index contributed by atoms with van der Waals surface area (Å²) in [5.74, 6) is -0.844. The zero-order chi connectivity index (χ0) is 24.6. The van der Waals surface area contributed by atoms with Gasteiger partial charge >= 0.3 is 0 Å². The first-order valence-electron chi connectivity index (χ1n) is 11.0. The summed E-state index contributed by atoms with van der Waals surface area (Å²) in [6, 6.07) is 8.10. The number of aryl methyl sites for hydroxylation is 1. The molecule has 4 rings (SSSR count). The van der Waals surface area contributed by atoms with Crippen molar-refractivity contribution in [3.63, 3.8) is 0 Å². The number of nitrogens with zero attached hydrogens (tertiary/aromatic N) is 2. The lowest BCUT2D eigenvalue weighted by atomic mass is 9.92. The molecule has 0 unspecified atom stereocenters. The molecule has 0 saturated heterocycles. The molecule has 0 spiro atoms. The van der Waals surface area contributed by atoms with Gasteiger partial charge in [0.2, 0.25) is 0 Å². The van der Waals surface area contributed by atoms with Gasteiger partial charge in [0.1, 0.15) is 17.4 Å². The van der Waals surface area contributed by atoms with E-state index in [0.717, 1.165) is 18.7 Å². The third kappa shape index (κ3) is 4.57. The molecule has 9 heteroatoms. The van der Waals surface area contributed by atoms with Crippen molar-refractivity contribution in [3.8, 4) is 16.9 Å². The summed E-state index contributed by atoms with van der Waals surface area (Å²) in [6.45, 7) is 3.00. The van der Waals surface area contributed by atoms with Crippen molar-refractivity contribution in [1.82, 2.24) is 4.57 Å². The maximum absolute atomic E-state index is 14.5. The minimum atomic E-state index is -3.49. The minimum absolute atomic E-state index is 0.131. The van der Waals surface area contributed by atoms with Gasteiger partial charge in [-0.1, -0.05) is 6.92 Å². The van der Waals surface area contributed by atoms with Gasteiger partial charge in [0, 0.05) is 55.3 Å². The van der Waals surface area contributed by atoms with Crippen molar-refractivity contribution in [2.45, 2.75) is 31.2 Å². The molecule has 180 valence electrons. The fourth-order valence-electron chi connectivity index (χ4n) is 4.25. The van der Waals surface area contributed by atoms with Gasteiger partial charge in [-0.05, 0) is 48.7 Å². The molecule has 2 heterocycles. The zero-order valence-electron chi connectivity index (χ0n) is 19.3. The number of rotatable bonds is 6. The second-order valence-corrected chi connectivity index (χ2v) is 10.5. The van der Waals surface area contributed by atoms with Crippen molar-refractivity contribution in [2.24, 2.45) is 7.05 Å². The molecule has 6 nitrogen and oxygen atoms in total. The summed E-state index contributed by atoms with van der Waals surface area (Å²) < 4.78 is 59.9. The lowest BCUT2D eigenvalue weighted by Crippen LogP contribution is -2.36. The fraction of sp³-hybridized carbons (Fsp3) is 0.320. The van der Waals surface area contributed by atoms with Crippen molar-refractivity contribution >= 4 is 15.5 Å². The average molecular weight is 489 g/mol. The van der Waals surface area contributed by atoms with Crippen LogP contribution in [0.3, 0.4) is 0 Å². The SMILES string of the molecule is CCCOc1ccc(S(C)(=O)=O)cc1-c1cn(C)c(=O)c2c1CN(c1ccc(F)cc1F)CC2. The largest absolute Gasteiger partial charge is 0.493 e. The molecule has 1 aliphatic heterocycles. The second kappa shape index (κ2) is 9.21. The van der Waals surface area contributed by atoms with Crippen LogP contribution < -0.4 is 15.2 Å². The lowest BCUT2D eigenvalue weighted by molar-refractivity contribution is 0.318. The van der Waals surface area contributed by atoms with E-state index in [9.17, 15) is 22.0 Å². The number of hydrogen-bond acceptors (Lipinski definition) is 5. The predicted molar refractivity (Wildman–Crippen MR) is 127 cm³/mol. The third-order valence-electron chi connectivity index (χ3n) is 5.95. The van der Waals surface area contributed by atoms with Crippen LogP contribution in [0.1, 0.15) is 24.5 Å². The first-order chi connectivity index (χ1) is 16.1. The van der Waals surface area contributed by atoms with Gasteiger partial charge in [0.25, 0.3) is 5.56 Å². The van der Waals surface area contributed by atoms with E-state index in [1.54, 1.807) is 30.3 Å². The highest BCUT2D eigenvalue weighted by atomic mass is 32.2. The zero-order valence-corrected chi connectivity index (χ0v) is 20.1.